The number of hydrogen-bond acceptors (Lipinski definition) is 2. The van der Waals surface area contributed by atoms with Crippen molar-refractivity contribution in [2.45, 2.75) is 33.2 Å². The molecular formula is C13H18ClNO2. The van der Waals surface area contributed by atoms with E-state index in [1.54, 1.807) is 6.92 Å². The molecule has 0 aliphatic rings. The summed E-state index contributed by atoms with van der Waals surface area (Å²) < 4.78 is 0. The molecule has 1 aromatic carbocycles. The minimum Gasteiger partial charge on any atom is -0.480 e. The Morgan fingerprint density at radius 3 is 2.71 bits per heavy atom. The molecular weight excluding hydrogens is 238 g/mol. The highest BCUT2D eigenvalue weighted by molar-refractivity contribution is 6.31. The molecule has 17 heavy (non-hydrogen) atoms. The highest BCUT2D eigenvalue weighted by Gasteiger charge is 2.21. The summed E-state index contributed by atoms with van der Waals surface area (Å²) in [7, 11) is 0. The van der Waals surface area contributed by atoms with E-state index in [0.29, 0.717) is 11.6 Å². The Kier molecular flexibility index (Phi) is 4.82. The average Bonchev–Trinajstić information content (AvgIpc) is 2.29. The van der Waals surface area contributed by atoms with Crippen molar-refractivity contribution in [3.8, 4) is 0 Å². The molecule has 0 radical (unpaired) electrons. The molecule has 0 spiro atoms. The van der Waals surface area contributed by atoms with Gasteiger partial charge < -0.3 is 10.0 Å². The lowest BCUT2D eigenvalue weighted by Crippen LogP contribution is -2.40. The van der Waals surface area contributed by atoms with Gasteiger partial charge in [-0.2, -0.15) is 0 Å². The molecule has 0 aliphatic carbocycles. The molecule has 3 nitrogen and oxygen atoms in total. The third kappa shape index (κ3) is 3.13. The van der Waals surface area contributed by atoms with Gasteiger partial charge in [0.15, 0.2) is 0 Å². The van der Waals surface area contributed by atoms with Gasteiger partial charge in [-0.05, 0) is 38.0 Å². The summed E-state index contributed by atoms with van der Waals surface area (Å²) in [6.07, 6.45) is 0.892. The van der Waals surface area contributed by atoms with Crippen LogP contribution in [0.15, 0.2) is 18.2 Å². The maximum atomic E-state index is 11.1. The fourth-order valence-corrected chi connectivity index (χ4v) is 1.97. The zero-order valence-electron chi connectivity index (χ0n) is 10.4. The van der Waals surface area contributed by atoms with Crippen LogP contribution in [-0.4, -0.2) is 23.7 Å². The standard InChI is InChI=1S/C13H18ClNO2/c1-4-8-15(10(3)13(16)17)12-7-5-6-11(14)9(12)2/h5-7,10H,4,8H2,1-3H3,(H,16,17). The van der Waals surface area contributed by atoms with E-state index in [4.69, 9.17) is 16.7 Å². The van der Waals surface area contributed by atoms with Crippen LogP contribution in [0.4, 0.5) is 5.69 Å². The zero-order valence-corrected chi connectivity index (χ0v) is 11.2. The van der Waals surface area contributed by atoms with Gasteiger partial charge in [0, 0.05) is 17.3 Å². The van der Waals surface area contributed by atoms with Gasteiger partial charge in [0.1, 0.15) is 6.04 Å². The minimum atomic E-state index is -0.821. The maximum absolute atomic E-state index is 11.1. The highest BCUT2D eigenvalue weighted by atomic mass is 35.5. The number of nitrogens with zero attached hydrogens (tertiary/aromatic N) is 1. The number of rotatable bonds is 5. The molecule has 1 N–H and O–H groups in total. The second kappa shape index (κ2) is 5.92. The van der Waals surface area contributed by atoms with Gasteiger partial charge in [-0.25, -0.2) is 4.79 Å². The summed E-state index contributed by atoms with van der Waals surface area (Å²) >= 11 is 6.07. The van der Waals surface area contributed by atoms with Crippen molar-refractivity contribution in [3.63, 3.8) is 0 Å². The average molecular weight is 256 g/mol. The predicted octanol–water partition coefficient (Wildman–Crippen LogP) is 3.34. The first-order valence-corrected chi connectivity index (χ1v) is 6.11. The van der Waals surface area contributed by atoms with Crippen molar-refractivity contribution in [1.82, 2.24) is 0 Å². The first kappa shape index (κ1) is 13.8. The minimum absolute atomic E-state index is 0.549. The summed E-state index contributed by atoms with van der Waals surface area (Å²) in [5.41, 5.74) is 1.82. The number of carboxylic acid groups (broad SMARTS) is 1. The lowest BCUT2D eigenvalue weighted by Gasteiger charge is -2.30. The van der Waals surface area contributed by atoms with Gasteiger partial charge in [0.2, 0.25) is 0 Å². The summed E-state index contributed by atoms with van der Waals surface area (Å²) in [5.74, 6) is -0.821. The van der Waals surface area contributed by atoms with E-state index in [1.807, 2.05) is 36.9 Å². The number of carboxylic acids is 1. The van der Waals surface area contributed by atoms with E-state index in [1.165, 1.54) is 0 Å². The highest BCUT2D eigenvalue weighted by Crippen LogP contribution is 2.28. The fourth-order valence-electron chi connectivity index (χ4n) is 1.80. The number of anilines is 1. The van der Waals surface area contributed by atoms with Crippen molar-refractivity contribution in [2.24, 2.45) is 0 Å². The third-order valence-electron chi connectivity index (χ3n) is 2.84. The van der Waals surface area contributed by atoms with Gasteiger partial charge in [-0.3, -0.25) is 0 Å². The van der Waals surface area contributed by atoms with E-state index in [9.17, 15) is 4.79 Å². The van der Waals surface area contributed by atoms with Gasteiger partial charge in [-0.1, -0.05) is 24.6 Å². The summed E-state index contributed by atoms with van der Waals surface area (Å²) in [5, 5.41) is 9.79. The zero-order chi connectivity index (χ0) is 13.0. The monoisotopic (exact) mass is 255 g/mol. The van der Waals surface area contributed by atoms with Crippen LogP contribution in [0.1, 0.15) is 25.8 Å². The summed E-state index contributed by atoms with van der Waals surface area (Å²) in [4.78, 5) is 13.0. The van der Waals surface area contributed by atoms with Crippen LogP contribution in [0.2, 0.25) is 5.02 Å². The van der Waals surface area contributed by atoms with Crippen molar-refractivity contribution in [1.29, 1.82) is 0 Å². The molecule has 0 heterocycles. The lowest BCUT2D eigenvalue weighted by molar-refractivity contribution is -0.138. The van der Waals surface area contributed by atoms with Crippen molar-refractivity contribution in [2.75, 3.05) is 11.4 Å². The van der Waals surface area contributed by atoms with E-state index in [0.717, 1.165) is 17.7 Å². The molecule has 0 amide bonds. The molecule has 94 valence electrons. The van der Waals surface area contributed by atoms with Crippen molar-refractivity contribution < 1.29 is 9.90 Å². The normalized spacial score (nSPS) is 12.2. The maximum Gasteiger partial charge on any atom is 0.326 e. The Morgan fingerprint density at radius 1 is 1.53 bits per heavy atom. The molecule has 1 unspecified atom stereocenters. The Hall–Kier alpha value is -1.22. The number of carbonyl (C=O) groups is 1. The third-order valence-corrected chi connectivity index (χ3v) is 3.25. The van der Waals surface area contributed by atoms with Gasteiger partial charge in [0.05, 0.1) is 0 Å². The van der Waals surface area contributed by atoms with Crippen LogP contribution in [0.5, 0.6) is 0 Å². The molecule has 0 aromatic heterocycles. The van der Waals surface area contributed by atoms with Crippen LogP contribution < -0.4 is 4.90 Å². The van der Waals surface area contributed by atoms with Crippen LogP contribution in [-0.2, 0) is 4.79 Å². The van der Waals surface area contributed by atoms with E-state index in [2.05, 4.69) is 0 Å². The second-order valence-corrected chi connectivity index (χ2v) is 4.50. The van der Waals surface area contributed by atoms with Gasteiger partial charge in [0.25, 0.3) is 0 Å². The first-order chi connectivity index (χ1) is 7.99. The Labute approximate surface area is 107 Å². The Bertz CT molecular complexity index is 406. The largest absolute Gasteiger partial charge is 0.480 e. The topological polar surface area (TPSA) is 40.5 Å². The number of benzene rings is 1. The van der Waals surface area contributed by atoms with Crippen LogP contribution in [0, 0.1) is 6.92 Å². The molecule has 4 heteroatoms. The smallest absolute Gasteiger partial charge is 0.326 e. The predicted molar refractivity (Wildman–Crippen MR) is 70.9 cm³/mol. The molecule has 1 atom stereocenters. The van der Waals surface area contributed by atoms with Crippen LogP contribution in [0.3, 0.4) is 0 Å². The lowest BCUT2D eigenvalue weighted by atomic mass is 10.1. The molecule has 0 saturated heterocycles. The van der Waals surface area contributed by atoms with Gasteiger partial charge >= 0.3 is 5.97 Å². The first-order valence-electron chi connectivity index (χ1n) is 5.73. The van der Waals surface area contributed by atoms with Crippen LogP contribution >= 0.6 is 11.6 Å². The van der Waals surface area contributed by atoms with Crippen molar-refractivity contribution in [3.05, 3.63) is 28.8 Å². The molecule has 1 rings (SSSR count). The quantitative estimate of drug-likeness (QED) is 0.877. The molecule has 0 bridgehead atoms. The van der Waals surface area contributed by atoms with E-state index < -0.39 is 12.0 Å². The SMILES string of the molecule is CCCN(c1cccc(Cl)c1C)C(C)C(=O)O. The molecule has 0 aliphatic heterocycles. The number of aliphatic carboxylic acids is 1. The molecule has 0 saturated carbocycles. The summed E-state index contributed by atoms with van der Waals surface area (Å²) in [6.45, 7) is 6.34. The van der Waals surface area contributed by atoms with E-state index in [-0.39, 0.29) is 0 Å². The fraction of sp³-hybridized carbons (Fsp3) is 0.462. The van der Waals surface area contributed by atoms with E-state index >= 15 is 0 Å². The number of hydrogen-bond donors (Lipinski definition) is 1. The second-order valence-electron chi connectivity index (χ2n) is 4.09. The molecule has 1 aromatic rings. The van der Waals surface area contributed by atoms with Crippen molar-refractivity contribution >= 4 is 23.3 Å². The van der Waals surface area contributed by atoms with Crippen LogP contribution in [0.25, 0.3) is 0 Å². The molecule has 0 fully saturated rings. The van der Waals surface area contributed by atoms with Gasteiger partial charge in [-0.15, -0.1) is 0 Å². The number of halogens is 1. The summed E-state index contributed by atoms with van der Waals surface area (Å²) in [6, 6.07) is 5.03. The Morgan fingerprint density at radius 2 is 2.18 bits per heavy atom. The Balaban J connectivity index is 3.13.